The van der Waals surface area contributed by atoms with E-state index in [2.05, 4.69) is 29.5 Å². The van der Waals surface area contributed by atoms with Crippen molar-refractivity contribution in [3.63, 3.8) is 0 Å². The van der Waals surface area contributed by atoms with E-state index in [1.165, 1.54) is 32.1 Å². The van der Waals surface area contributed by atoms with Gasteiger partial charge in [0, 0.05) is 39.8 Å². The van der Waals surface area contributed by atoms with Gasteiger partial charge < -0.3 is 20.4 Å². The molecule has 156 valence electrons. The zero-order valence-corrected chi connectivity index (χ0v) is 18.0. The first-order valence-electron chi connectivity index (χ1n) is 10.9. The number of likely N-dealkylation sites (N-methyl/N-ethyl adjacent to an activating group) is 1. The molecule has 0 aromatic carbocycles. The molecule has 0 bridgehead atoms. The lowest BCUT2D eigenvalue weighted by Crippen LogP contribution is -2.45. The molecule has 2 saturated carbocycles. The smallest absolute Gasteiger partial charge is 0.230 e. The van der Waals surface area contributed by atoms with Gasteiger partial charge >= 0.3 is 0 Å². The summed E-state index contributed by atoms with van der Waals surface area (Å²) in [4.78, 5) is 21.8. The normalized spacial score (nSPS) is 20.7. The van der Waals surface area contributed by atoms with Crippen LogP contribution >= 0.6 is 0 Å². The van der Waals surface area contributed by atoms with Gasteiger partial charge in [0.15, 0.2) is 5.96 Å². The molecular formula is C21H41N5O. The van der Waals surface area contributed by atoms with Gasteiger partial charge in [-0.25, -0.2) is 0 Å². The third-order valence-electron chi connectivity index (χ3n) is 6.26. The van der Waals surface area contributed by atoms with Crippen molar-refractivity contribution in [2.24, 2.45) is 10.4 Å². The fourth-order valence-electron chi connectivity index (χ4n) is 4.59. The Hall–Kier alpha value is -1.30. The topological polar surface area (TPSA) is 60.0 Å². The highest BCUT2D eigenvalue weighted by Crippen LogP contribution is 2.39. The summed E-state index contributed by atoms with van der Waals surface area (Å²) < 4.78 is 0. The largest absolute Gasteiger partial charge is 0.357 e. The number of carbonyl (C=O) groups is 1. The Bertz CT molecular complexity index is 479. The second-order valence-electron chi connectivity index (χ2n) is 8.58. The molecule has 2 fully saturated rings. The predicted octanol–water partition coefficient (Wildman–Crippen LogP) is 2.45. The van der Waals surface area contributed by atoms with Crippen LogP contribution in [-0.2, 0) is 4.79 Å². The molecular weight excluding hydrogens is 338 g/mol. The maximum absolute atomic E-state index is 12.7. The molecule has 27 heavy (non-hydrogen) atoms. The second-order valence-corrected chi connectivity index (χ2v) is 8.58. The molecule has 0 atom stereocenters. The van der Waals surface area contributed by atoms with E-state index in [0.717, 1.165) is 57.3 Å². The monoisotopic (exact) mass is 379 g/mol. The van der Waals surface area contributed by atoms with Crippen molar-refractivity contribution in [3.8, 4) is 0 Å². The zero-order valence-electron chi connectivity index (χ0n) is 18.0. The Morgan fingerprint density at radius 1 is 1.04 bits per heavy atom. The lowest BCUT2D eigenvalue weighted by atomic mass is 9.85. The van der Waals surface area contributed by atoms with Gasteiger partial charge in [-0.15, -0.1) is 0 Å². The maximum atomic E-state index is 12.7. The van der Waals surface area contributed by atoms with E-state index in [0.29, 0.717) is 6.54 Å². The lowest BCUT2D eigenvalue weighted by molar-refractivity contribution is -0.138. The molecule has 2 aliphatic carbocycles. The van der Waals surface area contributed by atoms with Crippen molar-refractivity contribution in [3.05, 3.63) is 0 Å². The van der Waals surface area contributed by atoms with Crippen LogP contribution in [0.15, 0.2) is 4.99 Å². The van der Waals surface area contributed by atoms with Crippen LogP contribution in [0.2, 0.25) is 0 Å². The molecule has 0 radical (unpaired) electrons. The molecule has 0 unspecified atom stereocenters. The minimum atomic E-state index is -0.301. The summed E-state index contributed by atoms with van der Waals surface area (Å²) in [5.41, 5.74) is -0.301. The third kappa shape index (κ3) is 6.37. The van der Waals surface area contributed by atoms with E-state index >= 15 is 0 Å². The van der Waals surface area contributed by atoms with Crippen LogP contribution in [0.4, 0.5) is 0 Å². The minimum Gasteiger partial charge on any atom is -0.357 e. The van der Waals surface area contributed by atoms with Crippen LogP contribution in [0.25, 0.3) is 0 Å². The summed E-state index contributed by atoms with van der Waals surface area (Å²) >= 11 is 0. The molecule has 0 spiro atoms. The van der Waals surface area contributed by atoms with E-state index in [1.807, 2.05) is 14.1 Å². The number of carbonyl (C=O) groups excluding carboxylic acids is 1. The average Bonchev–Trinajstić information content (AvgIpc) is 3.16. The van der Waals surface area contributed by atoms with Crippen LogP contribution in [0, 0.1) is 5.41 Å². The summed E-state index contributed by atoms with van der Waals surface area (Å²) in [6.07, 6.45) is 11.0. The van der Waals surface area contributed by atoms with E-state index in [-0.39, 0.29) is 11.3 Å². The molecule has 0 saturated heterocycles. The first-order valence-corrected chi connectivity index (χ1v) is 10.9. The molecule has 0 aliphatic heterocycles. The van der Waals surface area contributed by atoms with Gasteiger partial charge in [0.1, 0.15) is 0 Å². The summed E-state index contributed by atoms with van der Waals surface area (Å²) in [6.45, 7) is 5.41. The summed E-state index contributed by atoms with van der Waals surface area (Å²) in [5.74, 6) is 1.07. The van der Waals surface area contributed by atoms with Gasteiger partial charge in [-0.3, -0.25) is 9.79 Å². The molecule has 1 amide bonds. The highest BCUT2D eigenvalue weighted by molar-refractivity contribution is 5.84. The summed E-state index contributed by atoms with van der Waals surface area (Å²) in [7, 11) is 5.96. The first kappa shape index (κ1) is 22.0. The van der Waals surface area contributed by atoms with Gasteiger partial charge in [0.2, 0.25) is 5.91 Å². The van der Waals surface area contributed by atoms with Crippen LogP contribution in [0.3, 0.4) is 0 Å². The Labute approximate surface area is 166 Å². The second kappa shape index (κ2) is 10.9. The summed E-state index contributed by atoms with van der Waals surface area (Å²) in [6, 6.07) is 0.736. The lowest BCUT2D eigenvalue weighted by Gasteiger charge is -2.31. The quantitative estimate of drug-likeness (QED) is 0.502. The van der Waals surface area contributed by atoms with Crippen molar-refractivity contribution in [2.45, 2.75) is 70.8 Å². The first-order chi connectivity index (χ1) is 13.0. The molecule has 6 nitrogen and oxygen atoms in total. The molecule has 2 N–H and O–H groups in total. The standard InChI is InChI=1S/C21H41N5O/c1-5-22-20(23-15-16-26(4)18-11-7-6-8-12-18)24-17-21(13-9-10-14-21)19(27)25(2)3/h18H,5-17H2,1-4H3,(H2,22,23,24). The molecule has 6 heteroatoms. The van der Waals surface area contributed by atoms with Crippen LogP contribution in [0.5, 0.6) is 0 Å². The minimum absolute atomic E-state index is 0.233. The van der Waals surface area contributed by atoms with E-state index < -0.39 is 0 Å². The average molecular weight is 380 g/mol. The van der Waals surface area contributed by atoms with Gasteiger partial charge in [-0.05, 0) is 39.7 Å². The van der Waals surface area contributed by atoms with Crippen molar-refractivity contribution < 1.29 is 4.79 Å². The Balaban J connectivity index is 1.88. The molecule has 2 rings (SSSR count). The van der Waals surface area contributed by atoms with Crippen molar-refractivity contribution >= 4 is 11.9 Å². The molecule has 0 aromatic rings. The van der Waals surface area contributed by atoms with Gasteiger partial charge in [-0.1, -0.05) is 32.1 Å². The number of nitrogens with zero attached hydrogens (tertiary/aromatic N) is 3. The summed E-state index contributed by atoms with van der Waals surface area (Å²) in [5, 5.41) is 6.81. The fraction of sp³-hybridized carbons (Fsp3) is 0.905. The molecule has 2 aliphatic rings. The van der Waals surface area contributed by atoms with Crippen LogP contribution < -0.4 is 10.6 Å². The Morgan fingerprint density at radius 3 is 2.30 bits per heavy atom. The van der Waals surface area contributed by atoms with Gasteiger partial charge in [-0.2, -0.15) is 0 Å². The fourth-order valence-corrected chi connectivity index (χ4v) is 4.59. The number of hydrogen-bond acceptors (Lipinski definition) is 3. The number of hydrogen-bond donors (Lipinski definition) is 2. The van der Waals surface area contributed by atoms with Crippen molar-refractivity contribution in [2.75, 3.05) is 47.3 Å². The highest BCUT2D eigenvalue weighted by Gasteiger charge is 2.42. The molecule has 0 heterocycles. The maximum Gasteiger partial charge on any atom is 0.230 e. The number of rotatable bonds is 8. The van der Waals surface area contributed by atoms with Crippen LogP contribution in [0.1, 0.15) is 64.7 Å². The highest BCUT2D eigenvalue weighted by atomic mass is 16.2. The Kier molecular flexibility index (Phi) is 8.87. The number of aliphatic imine (C=N–C) groups is 1. The van der Waals surface area contributed by atoms with Gasteiger partial charge in [0.25, 0.3) is 0 Å². The predicted molar refractivity (Wildman–Crippen MR) is 113 cm³/mol. The van der Waals surface area contributed by atoms with Crippen LogP contribution in [-0.4, -0.2) is 75.0 Å². The van der Waals surface area contributed by atoms with Crippen molar-refractivity contribution in [1.29, 1.82) is 0 Å². The number of amides is 1. The van der Waals surface area contributed by atoms with E-state index in [9.17, 15) is 4.79 Å². The van der Waals surface area contributed by atoms with E-state index in [4.69, 9.17) is 4.99 Å². The SMILES string of the molecule is CCNC(=NCC1(C(=O)N(C)C)CCCC1)NCCN(C)C1CCCCC1. The number of guanidine groups is 1. The molecule has 0 aromatic heterocycles. The zero-order chi connectivity index (χ0) is 19.7. The third-order valence-corrected chi connectivity index (χ3v) is 6.26. The number of nitrogens with one attached hydrogen (secondary N) is 2. The van der Waals surface area contributed by atoms with Crippen molar-refractivity contribution in [1.82, 2.24) is 20.4 Å². The van der Waals surface area contributed by atoms with Gasteiger partial charge in [0.05, 0.1) is 12.0 Å². The van der Waals surface area contributed by atoms with E-state index in [1.54, 1.807) is 4.90 Å². The Morgan fingerprint density at radius 2 is 1.70 bits per heavy atom.